The molecule has 0 saturated heterocycles. The highest BCUT2D eigenvalue weighted by atomic mass is 79.9. The summed E-state index contributed by atoms with van der Waals surface area (Å²) in [6.07, 6.45) is 2.35. The molecule has 0 unspecified atom stereocenters. The van der Waals surface area contributed by atoms with Crippen molar-refractivity contribution in [2.45, 2.75) is 24.3 Å². The first kappa shape index (κ1) is 16.4. The predicted molar refractivity (Wildman–Crippen MR) is 84.5 cm³/mol. The van der Waals surface area contributed by atoms with Gasteiger partial charge in [-0.15, -0.1) is 0 Å². The van der Waals surface area contributed by atoms with E-state index >= 15 is 0 Å². The molecule has 1 aromatic carbocycles. The summed E-state index contributed by atoms with van der Waals surface area (Å²) in [5.74, 6) is 0. The first-order chi connectivity index (χ1) is 9.71. The van der Waals surface area contributed by atoms with Crippen LogP contribution in [-0.2, 0) is 15.6 Å². The lowest BCUT2D eigenvalue weighted by atomic mass is 9.96. The van der Waals surface area contributed by atoms with Crippen LogP contribution in [0.2, 0.25) is 5.28 Å². The molecule has 0 saturated carbocycles. The van der Waals surface area contributed by atoms with Gasteiger partial charge in [0.15, 0.2) is 0 Å². The number of hydrogen-bond donors (Lipinski definition) is 1. The van der Waals surface area contributed by atoms with Crippen LogP contribution < -0.4 is 4.72 Å². The smallest absolute Gasteiger partial charge is 0.225 e. The normalized spacial score (nSPS) is 12.4. The molecule has 0 aliphatic carbocycles. The zero-order valence-corrected chi connectivity index (χ0v) is 14.5. The molecule has 0 bridgehead atoms. The van der Waals surface area contributed by atoms with Gasteiger partial charge in [0.2, 0.25) is 15.3 Å². The van der Waals surface area contributed by atoms with Crippen LogP contribution in [0.3, 0.4) is 0 Å². The molecule has 2 aromatic rings. The topological polar surface area (TPSA) is 72.0 Å². The van der Waals surface area contributed by atoms with Crippen LogP contribution in [0.4, 0.5) is 0 Å². The minimum atomic E-state index is -3.74. The lowest BCUT2D eigenvalue weighted by Crippen LogP contribution is -2.40. The van der Waals surface area contributed by atoms with Crippen LogP contribution in [0.1, 0.15) is 19.4 Å². The number of rotatable bonds is 4. The van der Waals surface area contributed by atoms with Gasteiger partial charge in [0.25, 0.3) is 0 Å². The van der Waals surface area contributed by atoms with E-state index in [9.17, 15) is 8.42 Å². The molecule has 5 nitrogen and oxygen atoms in total. The van der Waals surface area contributed by atoms with Gasteiger partial charge in [0, 0.05) is 4.47 Å². The minimum absolute atomic E-state index is 0.00104. The highest BCUT2D eigenvalue weighted by molar-refractivity contribution is 9.10. The van der Waals surface area contributed by atoms with E-state index in [-0.39, 0.29) is 10.2 Å². The van der Waals surface area contributed by atoms with E-state index in [4.69, 9.17) is 11.6 Å². The molecule has 8 heteroatoms. The molecule has 1 heterocycles. The molecule has 0 fully saturated rings. The van der Waals surface area contributed by atoms with Gasteiger partial charge in [-0.2, -0.15) is 0 Å². The second-order valence-corrected chi connectivity index (χ2v) is 7.86. The van der Waals surface area contributed by atoms with Crippen LogP contribution in [-0.4, -0.2) is 18.4 Å². The van der Waals surface area contributed by atoms with Gasteiger partial charge in [-0.05, 0) is 43.1 Å². The van der Waals surface area contributed by atoms with E-state index in [1.165, 1.54) is 12.4 Å². The van der Waals surface area contributed by atoms with Crippen molar-refractivity contribution >= 4 is 37.6 Å². The Labute approximate surface area is 137 Å². The SMILES string of the molecule is CC(C)(NS(=O)(=O)c1cnc(Cl)nc1)c1ccc(Br)cc1. The van der Waals surface area contributed by atoms with Crippen LogP contribution in [0.5, 0.6) is 0 Å². The molecule has 0 radical (unpaired) electrons. The number of hydrogen-bond acceptors (Lipinski definition) is 4. The highest BCUT2D eigenvalue weighted by Gasteiger charge is 2.28. The average Bonchev–Trinajstić information content (AvgIpc) is 2.38. The summed E-state index contributed by atoms with van der Waals surface area (Å²) < 4.78 is 28.3. The number of aromatic nitrogens is 2. The Kier molecular flexibility index (Phi) is 4.67. The Bertz CT molecular complexity index is 731. The Morgan fingerprint density at radius 1 is 1.14 bits per heavy atom. The van der Waals surface area contributed by atoms with Gasteiger partial charge >= 0.3 is 0 Å². The minimum Gasteiger partial charge on any atom is -0.225 e. The number of sulfonamides is 1. The molecule has 1 aromatic heterocycles. The number of halogens is 2. The monoisotopic (exact) mass is 389 g/mol. The van der Waals surface area contributed by atoms with Crippen molar-refractivity contribution in [3.63, 3.8) is 0 Å². The van der Waals surface area contributed by atoms with Gasteiger partial charge in [0.05, 0.1) is 17.9 Å². The van der Waals surface area contributed by atoms with Gasteiger partial charge < -0.3 is 0 Å². The molecule has 0 aliphatic rings. The molecule has 1 N–H and O–H groups in total. The number of nitrogens with one attached hydrogen (secondary N) is 1. The van der Waals surface area contributed by atoms with Crippen LogP contribution in [0.15, 0.2) is 46.0 Å². The third-order valence-electron chi connectivity index (χ3n) is 2.86. The Morgan fingerprint density at radius 2 is 1.67 bits per heavy atom. The Hall–Kier alpha value is -1.02. The quantitative estimate of drug-likeness (QED) is 0.814. The van der Waals surface area contributed by atoms with Gasteiger partial charge in [-0.25, -0.2) is 23.1 Å². The van der Waals surface area contributed by atoms with E-state index in [1.807, 2.05) is 24.3 Å². The molecule has 0 amide bonds. The lowest BCUT2D eigenvalue weighted by molar-refractivity contribution is 0.471. The van der Waals surface area contributed by atoms with Crippen molar-refractivity contribution in [1.82, 2.24) is 14.7 Å². The summed E-state index contributed by atoms with van der Waals surface area (Å²) >= 11 is 8.91. The Balaban J connectivity index is 2.30. The molecule has 112 valence electrons. The van der Waals surface area contributed by atoms with Crippen LogP contribution >= 0.6 is 27.5 Å². The molecule has 2 rings (SSSR count). The third kappa shape index (κ3) is 4.00. The highest BCUT2D eigenvalue weighted by Crippen LogP contribution is 2.24. The number of benzene rings is 1. The summed E-state index contributed by atoms with van der Waals surface area (Å²) in [7, 11) is -3.74. The average molecular weight is 391 g/mol. The first-order valence-electron chi connectivity index (χ1n) is 5.98. The van der Waals surface area contributed by atoms with Crippen molar-refractivity contribution < 1.29 is 8.42 Å². The largest absolute Gasteiger partial charge is 0.244 e. The zero-order valence-electron chi connectivity index (χ0n) is 11.3. The van der Waals surface area contributed by atoms with Gasteiger partial charge in [-0.1, -0.05) is 28.1 Å². The maximum absolute atomic E-state index is 12.4. The fourth-order valence-corrected chi connectivity index (χ4v) is 3.41. The van der Waals surface area contributed by atoms with E-state index in [2.05, 4.69) is 30.6 Å². The first-order valence-corrected chi connectivity index (χ1v) is 8.64. The summed E-state index contributed by atoms with van der Waals surface area (Å²) in [6, 6.07) is 7.42. The van der Waals surface area contributed by atoms with Crippen molar-refractivity contribution in [2.75, 3.05) is 0 Å². The zero-order chi connectivity index (χ0) is 15.7. The van der Waals surface area contributed by atoms with Crippen molar-refractivity contribution in [3.8, 4) is 0 Å². The molecule has 0 spiro atoms. The maximum atomic E-state index is 12.4. The van der Waals surface area contributed by atoms with Gasteiger partial charge in [-0.3, -0.25) is 0 Å². The fourth-order valence-electron chi connectivity index (χ4n) is 1.76. The van der Waals surface area contributed by atoms with Crippen LogP contribution in [0.25, 0.3) is 0 Å². The van der Waals surface area contributed by atoms with Crippen LogP contribution in [0, 0.1) is 0 Å². The summed E-state index contributed by atoms with van der Waals surface area (Å²) in [6.45, 7) is 3.56. The summed E-state index contributed by atoms with van der Waals surface area (Å²) in [5, 5.41) is 0.00104. The van der Waals surface area contributed by atoms with Crippen molar-refractivity contribution in [2.24, 2.45) is 0 Å². The molecular formula is C13H13BrClN3O2S. The predicted octanol–water partition coefficient (Wildman–Crippen LogP) is 3.11. The second-order valence-electron chi connectivity index (χ2n) is 4.93. The molecule has 21 heavy (non-hydrogen) atoms. The molecular weight excluding hydrogens is 378 g/mol. The van der Waals surface area contributed by atoms with E-state index in [0.717, 1.165) is 10.0 Å². The van der Waals surface area contributed by atoms with E-state index in [1.54, 1.807) is 13.8 Å². The third-order valence-corrected chi connectivity index (χ3v) is 5.20. The fraction of sp³-hybridized carbons (Fsp3) is 0.231. The summed E-state index contributed by atoms with van der Waals surface area (Å²) in [4.78, 5) is 7.35. The standard InChI is InChI=1S/C13H13BrClN3O2S/c1-13(2,9-3-5-10(14)6-4-9)18-21(19,20)11-7-16-12(15)17-8-11/h3-8,18H,1-2H3. The lowest BCUT2D eigenvalue weighted by Gasteiger charge is -2.26. The van der Waals surface area contributed by atoms with E-state index < -0.39 is 15.6 Å². The molecule has 0 atom stereocenters. The Morgan fingerprint density at radius 3 is 2.19 bits per heavy atom. The maximum Gasteiger partial charge on any atom is 0.244 e. The number of nitrogens with zero attached hydrogens (tertiary/aromatic N) is 2. The van der Waals surface area contributed by atoms with Crippen molar-refractivity contribution in [3.05, 3.63) is 52.0 Å². The summed E-state index contributed by atoms with van der Waals surface area (Å²) in [5.41, 5.74) is 0.0586. The molecule has 0 aliphatic heterocycles. The van der Waals surface area contributed by atoms with Gasteiger partial charge in [0.1, 0.15) is 4.90 Å². The van der Waals surface area contributed by atoms with Crippen molar-refractivity contribution in [1.29, 1.82) is 0 Å². The second kappa shape index (κ2) is 6.00. The van der Waals surface area contributed by atoms with E-state index in [0.29, 0.717) is 0 Å².